The molecule has 9 nitrogen and oxygen atoms in total. The van der Waals surface area contributed by atoms with Crippen LogP contribution in [0, 0.1) is 17.8 Å². The molecule has 0 bridgehead atoms. The Morgan fingerprint density at radius 2 is 1.61 bits per heavy atom. The Kier molecular flexibility index (Phi) is 10.3. The molecule has 0 aliphatic heterocycles. The van der Waals surface area contributed by atoms with Gasteiger partial charge in [0.15, 0.2) is 0 Å². The van der Waals surface area contributed by atoms with Gasteiger partial charge in [-0.15, -0.1) is 0 Å². The third kappa shape index (κ3) is 9.57. The number of aliphatic carboxylic acids is 1. The van der Waals surface area contributed by atoms with Gasteiger partial charge in [-0.25, -0.2) is 4.79 Å². The highest BCUT2D eigenvalue weighted by Gasteiger charge is 2.31. The van der Waals surface area contributed by atoms with Crippen LogP contribution in [0.2, 0.25) is 0 Å². The molecular weight excluding hydrogens is 402 g/mol. The smallest absolute Gasteiger partial charge is 0.408 e. The second-order valence-corrected chi connectivity index (χ2v) is 9.54. The molecule has 3 amide bonds. The Bertz CT molecular complexity index is 638. The van der Waals surface area contributed by atoms with Crippen LogP contribution in [0.4, 0.5) is 4.79 Å². The predicted octanol–water partition coefficient (Wildman–Crippen LogP) is 2.44. The predicted molar refractivity (Wildman–Crippen MR) is 116 cm³/mol. The zero-order valence-electron chi connectivity index (χ0n) is 19.6. The summed E-state index contributed by atoms with van der Waals surface area (Å²) >= 11 is 0. The molecule has 0 aromatic carbocycles. The van der Waals surface area contributed by atoms with Gasteiger partial charge in [-0.3, -0.25) is 14.4 Å². The quantitative estimate of drug-likeness (QED) is 0.434. The number of carboxylic acids is 1. The van der Waals surface area contributed by atoms with Gasteiger partial charge in [0.2, 0.25) is 11.8 Å². The SMILES string of the molecule is CC[C@H](C)[C@H](NC(=O)OC(C)(C)C)C(=O)NCC1CCC(C(=O)N[C@H](C)C(=O)O)CC1. The number of carboxylic acid groups (broad SMARTS) is 1. The highest BCUT2D eigenvalue weighted by molar-refractivity contribution is 5.86. The van der Waals surface area contributed by atoms with E-state index < -0.39 is 29.7 Å². The Labute approximate surface area is 185 Å². The van der Waals surface area contributed by atoms with Crippen molar-refractivity contribution in [3.05, 3.63) is 0 Å². The molecule has 0 saturated heterocycles. The summed E-state index contributed by atoms with van der Waals surface area (Å²) in [7, 11) is 0. The Hall–Kier alpha value is -2.32. The molecule has 1 fully saturated rings. The van der Waals surface area contributed by atoms with Gasteiger partial charge >= 0.3 is 12.1 Å². The highest BCUT2D eigenvalue weighted by Crippen LogP contribution is 2.28. The van der Waals surface area contributed by atoms with Crippen molar-refractivity contribution in [1.82, 2.24) is 16.0 Å². The van der Waals surface area contributed by atoms with Gasteiger partial charge in [-0.05, 0) is 65.2 Å². The lowest BCUT2D eigenvalue weighted by molar-refractivity contribution is -0.142. The van der Waals surface area contributed by atoms with Gasteiger partial charge in [-0.1, -0.05) is 20.3 Å². The van der Waals surface area contributed by atoms with Crippen molar-refractivity contribution in [1.29, 1.82) is 0 Å². The molecule has 1 rings (SSSR count). The number of hydrogen-bond donors (Lipinski definition) is 4. The Balaban J connectivity index is 2.51. The lowest BCUT2D eigenvalue weighted by Gasteiger charge is -2.30. The topological polar surface area (TPSA) is 134 Å². The zero-order valence-corrected chi connectivity index (χ0v) is 19.6. The van der Waals surface area contributed by atoms with Crippen molar-refractivity contribution >= 4 is 23.9 Å². The van der Waals surface area contributed by atoms with E-state index in [4.69, 9.17) is 9.84 Å². The van der Waals surface area contributed by atoms with E-state index in [9.17, 15) is 19.2 Å². The van der Waals surface area contributed by atoms with Gasteiger partial charge in [0.1, 0.15) is 17.7 Å². The van der Waals surface area contributed by atoms with Gasteiger partial charge < -0.3 is 25.8 Å². The summed E-state index contributed by atoms with van der Waals surface area (Å²) in [5.74, 6) is -1.53. The number of amides is 3. The molecule has 31 heavy (non-hydrogen) atoms. The number of ether oxygens (including phenoxy) is 1. The molecule has 0 spiro atoms. The van der Waals surface area contributed by atoms with E-state index in [-0.39, 0.29) is 29.6 Å². The van der Waals surface area contributed by atoms with E-state index in [1.54, 1.807) is 20.8 Å². The fourth-order valence-corrected chi connectivity index (χ4v) is 3.51. The fraction of sp³-hybridized carbons (Fsp3) is 0.818. The van der Waals surface area contributed by atoms with Crippen LogP contribution >= 0.6 is 0 Å². The number of nitrogens with one attached hydrogen (secondary N) is 3. The summed E-state index contributed by atoms with van der Waals surface area (Å²) in [6, 6.07) is -1.58. The lowest BCUT2D eigenvalue weighted by Crippen LogP contribution is -2.52. The van der Waals surface area contributed by atoms with Crippen LogP contribution in [0.1, 0.15) is 73.6 Å². The van der Waals surface area contributed by atoms with Crippen LogP contribution in [0.5, 0.6) is 0 Å². The Morgan fingerprint density at radius 3 is 2.10 bits per heavy atom. The van der Waals surface area contributed by atoms with E-state index in [2.05, 4.69) is 16.0 Å². The van der Waals surface area contributed by atoms with Crippen molar-refractivity contribution in [3.8, 4) is 0 Å². The fourth-order valence-electron chi connectivity index (χ4n) is 3.51. The first-order valence-electron chi connectivity index (χ1n) is 11.1. The number of rotatable bonds is 9. The summed E-state index contributed by atoms with van der Waals surface area (Å²) in [6.45, 7) is 11.1. The van der Waals surface area contributed by atoms with E-state index in [0.717, 1.165) is 19.3 Å². The highest BCUT2D eigenvalue weighted by atomic mass is 16.6. The first-order chi connectivity index (χ1) is 14.3. The van der Waals surface area contributed by atoms with Crippen LogP contribution in [0.3, 0.4) is 0 Å². The Morgan fingerprint density at radius 1 is 1.03 bits per heavy atom. The number of hydrogen-bond acceptors (Lipinski definition) is 5. The molecule has 1 saturated carbocycles. The van der Waals surface area contributed by atoms with Crippen LogP contribution in [0.25, 0.3) is 0 Å². The third-order valence-corrected chi connectivity index (χ3v) is 5.68. The summed E-state index contributed by atoms with van der Waals surface area (Å²) in [4.78, 5) is 48.0. The molecule has 9 heteroatoms. The minimum atomic E-state index is -1.05. The molecule has 0 aromatic rings. The zero-order chi connectivity index (χ0) is 23.8. The average molecular weight is 442 g/mol. The van der Waals surface area contributed by atoms with Crippen molar-refractivity contribution in [2.75, 3.05) is 6.54 Å². The molecule has 0 radical (unpaired) electrons. The first-order valence-corrected chi connectivity index (χ1v) is 11.1. The van der Waals surface area contributed by atoms with Crippen molar-refractivity contribution in [2.24, 2.45) is 17.8 Å². The number of alkyl carbamates (subject to hydrolysis) is 1. The maximum absolute atomic E-state index is 12.7. The summed E-state index contributed by atoms with van der Waals surface area (Å²) in [5, 5.41) is 17.1. The second-order valence-electron chi connectivity index (χ2n) is 9.54. The lowest BCUT2D eigenvalue weighted by atomic mass is 9.81. The minimum Gasteiger partial charge on any atom is -0.480 e. The molecule has 178 valence electrons. The van der Waals surface area contributed by atoms with Crippen LogP contribution in [-0.4, -0.2) is 53.2 Å². The molecule has 1 aliphatic carbocycles. The van der Waals surface area contributed by atoms with Gasteiger partial charge in [0.05, 0.1) is 0 Å². The van der Waals surface area contributed by atoms with Gasteiger partial charge in [0.25, 0.3) is 0 Å². The average Bonchev–Trinajstić information content (AvgIpc) is 2.68. The molecule has 1 aliphatic rings. The maximum atomic E-state index is 12.7. The molecule has 3 atom stereocenters. The number of carbonyl (C=O) groups excluding carboxylic acids is 3. The van der Waals surface area contributed by atoms with E-state index in [1.807, 2.05) is 13.8 Å². The molecule has 0 unspecified atom stereocenters. The molecular formula is C22H39N3O6. The monoisotopic (exact) mass is 441 g/mol. The molecule has 0 aromatic heterocycles. The van der Waals surface area contributed by atoms with Crippen molar-refractivity contribution < 1.29 is 29.0 Å². The summed E-state index contributed by atoms with van der Waals surface area (Å²) < 4.78 is 5.28. The number of carbonyl (C=O) groups is 4. The first kappa shape index (κ1) is 26.7. The normalized spacial score (nSPS) is 21.9. The molecule has 0 heterocycles. The summed E-state index contributed by atoms with van der Waals surface area (Å²) in [6.07, 6.45) is 2.96. The van der Waals surface area contributed by atoms with E-state index in [1.165, 1.54) is 6.92 Å². The third-order valence-electron chi connectivity index (χ3n) is 5.68. The largest absolute Gasteiger partial charge is 0.480 e. The van der Waals surface area contributed by atoms with E-state index in [0.29, 0.717) is 19.4 Å². The summed E-state index contributed by atoms with van der Waals surface area (Å²) in [5.41, 5.74) is -0.645. The van der Waals surface area contributed by atoms with Crippen molar-refractivity contribution in [2.45, 2.75) is 91.3 Å². The molecule has 4 N–H and O–H groups in total. The van der Waals surface area contributed by atoms with Gasteiger partial charge in [-0.2, -0.15) is 0 Å². The van der Waals surface area contributed by atoms with Crippen molar-refractivity contribution in [3.63, 3.8) is 0 Å². The van der Waals surface area contributed by atoms with Crippen LogP contribution in [-0.2, 0) is 19.1 Å². The standard InChI is InChI=1S/C22H39N3O6/c1-7-13(2)17(25-21(30)31-22(4,5)6)19(27)23-12-15-8-10-16(11-9-15)18(26)24-14(3)20(28)29/h13-17H,7-12H2,1-6H3,(H,23,27)(H,24,26)(H,25,30)(H,28,29)/t13-,14+,15?,16?,17-/m0/s1. The van der Waals surface area contributed by atoms with E-state index >= 15 is 0 Å². The second kappa shape index (κ2) is 11.9. The van der Waals surface area contributed by atoms with Gasteiger partial charge in [0, 0.05) is 12.5 Å². The maximum Gasteiger partial charge on any atom is 0.408 e. The minimum absolute atomic E-state index is 0.0526. The van der Waals surface area contributed by atoms with Crippen LogP contribution in [0.15, 0.2) is 0 Å². The van der Waals surface area contributed by atoms with Crippen LogP contribution < -0.4 is 16.0 Å².